The van der Waals surface area contributed by atoms with Crippen LogP contribution in [0.5, 0.6) is 0 Å². The Morgan fingerprint density at radius 1 is 1.40 bits per heavy atom. The van der Waals surface area contributed by atoms with Crippen LogP contribution in [0.4, 0.5) is 5.82 Å². The molecule has 1 aliphatic heterocycles. The molecule has 1 saturated heterocycles. The zero-order valence-electron chi connectivity index (χ0n) is 11.8. The molecule has 0 bridgehead atoms. The van der Waals surface area contributed by atoms with Gasteiger partial charge < -0.3 is 10.1 Å². The van der Waals surface area contributed by atoms with Crippen LogP contribution in [0.15, 0.2) is 12.4 Å². The topological polar surface area (TPSA) is 87.7 Å². The highest BCUT2D eigenvalue weighted by Gasteiger charge is 2.33. The predicted molar refractivity (Wildman–Crippen MR) is 74.5 cm³/mol. The van der Waals surface area contributed by atoms with Gasteiger partial charge in [0.2, 0.25) is 0 Å². The van der Waals surface area contributed by atoms with E-state index >= 15 is 0 Å². The lowest BCUT2D eigenvalue weighted by molar-refractivity contribution is -0.00597. The fourth-order valence-corrected chi connectivity index (χ4v) is 3.10. The lowest BCUT2D eigenvalue weighted by Crippen LogP contribution is -2.47. The second kappa shape index (κ2) is 6.00. The molecule has 1 N–H and O–H groups in total. The zero-order chi connectivity index (χ0) is 14.8. The van der Waals surface area contributed by atoms with Crippen molar-refractivity contribution >= 4 is 16.0 Å². The van der Waals surface area contributed by atoms with Gasteiger partial charge in [0, 0.05) is 46.6 Å². The first kappa shape index (κ1) is 15.1. The third-order valence-corrected chi connectivity index (χ3v) is 4.99. The first-order chi connectivity index (χ1) is 9.46. The summed E-state index contributed by atoms with van der Waals surface area (Å²) in [5, 5.41) is 2.94. The SMILES string of the molecule is CNc1nccnc1C1CN(S(=O)(=O)N(C)C)CCO1. The number of nitrogens with zero attached hydrogens (tertiary/aromatic N) is 4. The van der Waals surface area contributed by atoms with Gasteiger partial charge in [0.25, 0.3) is 10.2 Å². The number of ether oxygens (including phenoxy) is 1. The van der Waals surface area contributed by atoms with E-state index in [9.17, 15) is 8.42 Å². The summed E-state index contributed by atoms with van der Waals surface area (Å²) >= 11 is 0. The molecule has 20 heavy (non-hydrogen) atoms. The van der Waals surface area contributed by atoms with E-state index in [-0.39, 0.29) is 6.54 Å². The van der Waals surface area contributed by atoms with Gasteiger partial charge in [0.05, 0.1) is 6.61 Å². The van der Waals surface area contributed by atoms with Gasteiger partial charge in [0.1, 0.15) is 17.6 Å². The summed E-state index contributed by atoms with van der Waals surface area (Å²) in [6.07, 6.45) is 2.72. The van der Waals surface area contributed by atoms with Crippen molar-refractivity contribution in [2.24, 2.45) is 0 Å². The maximum atomic E-state index is 12.2. The molecule has 1 fully saturated rings. The normalized spacial score (nSPS) is 21.1. The van der Waals surface area contributed by atoms with Crippen LogP contribution in [0.1, 0.15) is 11.8 Å². The monoisotopic (exact) mass is 301 g/mol. The van der Waals surface area contributed by atoms with Crippen molar-refractivity contribution in [3.63, 3.8) is 0 Å². The van der Waals surface area contributed by atoms with Crippen LogP contribution < -0.4 is 5.32 Å². The van der Waals surface area contributed by atoms with Crippen LogP contribution in [-0.2, 0) is 14.9 Å². The molecule has 9 heteroatoms. The first-order valence-corrected chi connectivity index (χ1v) is 7.64. The summed E-state index contributed by atoms with van der Waals surface area (Å²) < 4.78 is 32.6. The summed E-state index contributed by atoms with van der Waals surface area (Å²) in [6.45, 7) is 0.900. The summed E-state index contributed by atoms with van der Waals surface area (Å²) in [5.41, 5.74) is 0.619. The van der Waals surface area contributed by atoms with Gasteiger partial charge >= 0.3 is 0 Å². The smallest absolute Gasteiger partial charge is 0.281 e. The standard InChI is InChI=1S/C11H19N5O3S/c1-12-11-10(13-4-5-14-11)9-8-16(6-7-19-9)20(17,18)15(2)3/h4-5,9H,6-8H2,1-3H3,(H,12,14). The minimum absolute atomic E-state index is 0.230. The Kier molecular flexibility index (Phi) is 4.53. The zero-order valence-corrected chi connectivity index (χ0v) is 12.6. The molecule has 0 spiro atoms. The second-order valence-corrected chi connectivity index (χ2v) is 6.69. The van der Waals surface area contributed by atoms with Crippen molar-refractivity contribution < 1.29 is 13.2 Å². The molecule has 0 saturated carbocycles. The molecular weight excluding hydrogens is 282 g/mol. The highest BCUT2D eigenvalue weighted by atomic mass is 32.2. The van der Waals surface area contributed by atoms with Crippen LogP contribution in [0.25, 0.3) is 0 Å². The Morgan fingerprint density at radius 3 is 2.75 bits per heavy atom. The maximum Gasteiger partial charge on any atom is 0.281 e. The Balaban J connectivity index is 2.23. The fraction of sp³-hybridized carbons (Fsp3) is 0.636. The van der Waals surface area contributed by atoms with E-state index in [4.69, 9.17) is 4.74 Å². The minimum atomic E-state index is -3.44. The molecule has 1 aliphatic rings. The molecule has 112 valence electrons. The van der Waals surface area contributed by atoms with Gasteiger partial charge in [-0.3, -0.25) is 4.98 Å². The van der Waals surface area contributed by atoms with Crippen LogP contribution in [0, 0.1) is 0 Å². The van der Waals surface area contributed by atoms with E-state index in [1.165, 1.54) is 22.7 Å². The molecule has 1 aromatic heterocycles. The fourth-order valence-electron chi connectivity index (χ4n) is 2.01. The molecule has 2 heterocycles. The van der Waals surface area contributed by atoms with E-state index in [1.807, 2.05) is 0 Å². The van der Waals surface area contributed by atoms with Crippen molar-refractivity contribution in [1.29, 1.82) is 0 Å². The molecule has 0 amide bonds. The van der Waals surface area contributed by atoms with Crippen LogP contribution in [-0.4, -0.2) is 67.8 Å². The third kappa shape index (κ3) is 2.90. The number of hydrogen-bond acceptors (Lipinski definition) is 6. The number of anilines is 1. The number of morpholine rings is 1. The van der Waals surface area contributed by atoms with Gasteiger partial charge in [-0.25, -0.2) is 4.98 Å². The van der Waals surface area contributed by atoms with Crippen LogP contribution in [0.3, 0.4) is 0 Å². The summed E-state index contributed by atoms with van der Waals surface area (Å²) in [6, 6.07) is 0. The molecule has 1 unspecified atom stereocenters. The van der Waals surface area contributed by atoms with E-state index in [2.05, 4.69) is 15.3 Å². The Morgan fingerprint density at radius 2 is 2.10 bits per heavy atom. The van der Waals surface area contributed by atoms with Gasteiger partial charge in [-0.2, -0.15) is 17.0 Å². The lowest BCUT2D eigenvalue weighted by Gasteiger charge is -2.33. The predicted octanol–water partition coefficient (Wildman–Crippen LogP) is -0.302. The third-order valence-electron chi connectivity index (χ3n) is 3.09. The Bertz CT molecular complexity index is 563. The maximum absolute atomic E-state index is 12.2. The van der Waals surface area contributed by atoms with Crippen molar-refractivity contribution in [2.75, 3.05) is 46.2 Å². The Hall–Kier alpha value is -1.29. The van der Waals surface area contributed by atoms with Crippen LogP contribution in [0.2, 0.25) is 0 Å². The molecule has 0 aromatic carbocycles. The van der Waals surface area contributed by atoms with Gasteiger partial charge in [-0.1, -0.05) is 0 Å². The van der Waals surface area contributed by atoms with E-state index < -0.39 is 16.3 Å². The van der Waals surface area contributed by atoms with Gasteiger partial charge in [0.15, 0.2) is 0 Å². The number of rotatable bonds is 4. The van der Waals surface area contributed by atoms with Crippen molar-refractivity contribution in [3.05, 3.63) is 18.1 Å². The highest BCUT2D eigenvalue weighted by Crippen LogP contribution is 2.26. The molecule has 0 aliphatic carbocycles. The van der Waals surface area contributed by atoms with Crippen molar-refractivity contribution in [3.8, 4) is 0 Å². The van der Waals surface area contributed by atoms with Crippen LogP contribution >= 0.6 is 0 Å². The largest absolute Gasteiger partial charge is 0.372 e. The molecular formula is C11H19N5O3S. The summed E-state index contributed by atoms with van der Waals surface area (Å²) in [5.74, 6) is 0.599. The van der Waals surface area contributed by atoms with E-state index in [1.54, 1.807) is 19.4 Å². The minimum Gasteiger partial charge on any atom is -0.372 e. The van der Waals surface area contributed by atoms with Gasteiger partial charge in [-0.05, 0) is 0 Å². The first-order valence-electron chi connectivity index (χ1n) is 6.24. The average Bonchev–Trinajstić information content (AvgIpc) is 2.47. The van der Waals surface area contributed by atoms with Gasteiger partial charge in [-0.15, -0.1) is 0 Å². The number of nitrogens with one attached hydrogen (secondary N) is 1. The molecule has 1 aromatic rings. The molecule has 0 radical (unpaired) electrons. The molecule has 8 nitrogen and oxygen atoms in total. The molecule has 2 rings (SSSR count). The second-order valence-electron chi connectivity index (χ2n) is 4.55. The van der Waals surface area contributed by atoms with E-state index in [0.29, 0.717) is 24.7 Å². The average molecular weight is 301 g/mol. The number of hydrogen-bond donors (Lipinski definition) is 1. The van der Waals surface area contributed by atoms with Crippen molar-refractivity contribution in [1.82, 2.24) is 18.6 Å². The highest BCUT2D eigenvalue weighted by molar-refractivity contribution is 7.86. The molecule has 1 atom stereocenters. The van der Waals surface area contributed by atoms with Crippen molar-refractivity contribution in [2.45, 2.75) is 6.10 Å². The summed E-state index contributed by atoms with van der Waals surface area (Å²) in [4.78, 5) is 8.41. The summed E-state index contributed by atoms with van der Waals surface area (Å²) in [7, 11) is 1.33. The lowest BCUT2D eigenvalue weighted by atomic mass is 10.2. The quantitative estimate of drug-likeness (QED) is 0.821. The number of aromatic nitrogens is 2. The van der Waals surface area contributed by atoms with E-state index in [0.717, 1.165) is 0 Å². The Labute approximate surface area is 118 Å².